The van der Waals surface area contributed by atoms with Gasteiger partial charge in [-0.1, -0.05) is 25.7 Å². The van der Waals surface area contributed by atoms with Gasteiger partial charge in [0.25, 0.3) is 0 Å². The third-order valence-corrected chi connectivity index (χ3v) is 5.14. The average molecular weight is 232 g/mol. The van der Waals surface area contributed by atoms with E-state index in [-0.39, 0.29) is 18.0 Å². The van der Waals surface area contributed by atoms with Crippen LogP contribution in [0.2, 0.25) is 0 Å². The maximum absolute atomic E-state index is 11.7. The third-order valence-electron chi connectivity index (χ3n) is 5.14. The Morgan fingerprint density at radius 1 is 1.35 bits per heavy atom. The summed E-state index contributed by atoms with van der Waals surface area (Å²) in [7, 11) is 0. The molecule has 0 N–H and O–H groups in total. The monoisotopic (exact) mass is 232 g/mol. The Morgan fingerprint density at radius 3 is 2.88 bits per heavy atom. The van der Waals surface area contributed by atoms with E-state index in [2.05, 4.69) is 20.1 Å². The summed E-state index contributed by atoms with van der Waals surface area (Å²) in [5.74, 6) is 0.427. The maximum Gasteiger partial charge on any atom is 0.334 e. The summed E-state index contributed by atoms with van der Waals surface area (Å²) in [6, 6.07) is 0. The van der Waals surface area contributed by atoms with Crippen molar-refractivity contribution in [2.24, 2.45) is 17.3 Å². The Bertz CT molecular complexity index is 409. The van der Waals surface area contributed by atoms with Crippen LogP contribution in [-0.2, 0) is 9.53 Å². The second-order valence-electron chi connectivity index (χ2n) is 6.18. The van der Waals surface area contributed by atoms with Crippen molar-refractivity contribution in [3.05, 3.63) is 24.3 Å². The molecule has 2 aliphatic carbocycles. The van der Waals surface area contributed by atoms with Crippen LogP contribution in [0.25, 0.3) is 0 Å². The van der Waals surface area contributed by atoms with Crippen LogP contribution in [-0.4, -0.2) is 12.1 Å². The molecule has 1 heterocycles. The average Bonchev–Trinajstić information content (AvgIpc) is 2.54. The molecule has 2 nitrogen and oxygen atoms in total. The van der Waals surface area contributed by atoms with Crippen LogP contribution in [0.5, 0.6) is 0 Å². The summed E-state index contributed by atoms with van der Waals surface area (Å²) in [4.78, 5) is 11.7. The van der Waals surface area contributed by atoms with Crippen LogP contribution in [0.3, 0.4) is 0 Å². The van der Waals surface area contributed by atoms with Crippen LogP contribution < -0.4 is 0 Å². The Morgan fingerprint density at radius 2 is 2.12 bits per heavy atom. The second kappa shape index (κ2) is 3.47. The lowest BCUT2D eigenvalue weighted by atomic mass is 9.55. The molecular weight excluding hydrogens is 212 g/mol. The summed E-state index contributed by atoms with van der Waals surface area (Å²) in [5, 5.41) is 0. The van der Waals surface area contributed by atoms with Crippen molar-refractivity contribution in [2.45, 2.75) is 45.1 Å². The standard InChI is InChI=1S/C15H20O2/c1-9-5-4-7-15(3)8-6-11-10(2)14(16)17-13(11)12(9)15/h11-13H,1-2,4-8H2,3H3/t11-,12?,13?,15+/m0/s1. The van der Waals surface area contributed by atoms with E-state index in [1.807, 2.05) is 0 Å². The van der Waals surface area contributed by atoms with Crippen LogP contribution >= 0.6 is 0 Å². The highest BCUT2D eigenvalue weighted by molar-refractivity contribution is 5.91. The largest absolute Gasteiger partial charge is 0.458 e. The lowest BCUT2D eigenvalue weighted by Gasteiger charge is -2.50. The third kappa shape index (κ3) is 1.42. The zero-order valence-electron chi connectivity index (χ0n) is 10.5. The van der Waals surface area contributed by atoms with E-state index in [1.165, 1.54) is 24.8 Å². The molecule has 1 saturated heterocycles. The summed E-state index contributed by atoms with van der Waals surface area (Å²) in [6.45, 7) is 10.5. The highest BCUT2D eigenvalue weighted by atomic mass is 16.6. The first-order valence-corrected chi connectivity index (χ1v) is 6.60. The van der Waals surface area contributed by atoms with E-state index in [1.54, 1.807) is 0 Å². The molecule has 2 unspecified atom stereocenters. The van der Waals surface area contributed by atoms with Crippen molar-refractivity contribution in [1.82, 2.24) is 0 Å². The number of esters is 1. The second-order valence-corrected chi connectivity index (χ2v) is 6.18. The molecule has 3 rings (SSSR count). The van der Waals surface area contributed by atoms with Gasteiger partial charge < -0.3 is 4.74 Å². The summed E-state index contributed by atoms with van der Waals surface area (Å²) >= 11 is 0. The Hall–Kier alpha value is -1.05. The van der Waals surface area contributed by atoms with Crippen LogP contribution in [0.15, 0.2) is 24.3 Å². The minimum Gasteiger partial charge on any atom is -0.458 e. The molecule has 4 atom stereocenters. The van der Waals surface area contributed by atoms with Gasteiger partial charge in [0.15, 0.2) is 0 Å². The van der Waals surface area contributed by atoms with E-state index in [0.717, 1.165) is 12.8 Å². The molecule has 0 amide bonds. The topological polar surface area (TPSA) is 26.3 Å². The fourth-order valence-electron chi connectivity index (χ4n) is 4.19. The lowest BCUT2D eigenvalue weighted by Crippen LogP contribution is -2.46. The minimum absolute atomic E-state index is 0.0292. The fourth-order valence-corrected chi connectivity index (χ4v) is 4.19. The summed E-state index contributed by atoms with van der Waals surface area (Å²) in [6.07, 6.45) is 5.82. The molecule has 92 valence electrons. The predicted molar refractivity (Wildman–Crippen MR) is 66.3 cm³/mol. The predicted octanol–water partition coefficient (Wildman–Crippen LogP) is 3.24. The molecule has 3 aliphatic rings. The SMILES string of the molecule is C=C1CCC[C@]2(C)CC[C@H]3C(=C)C(=O)OC3C12. The fraction of sp³-hybridized carbons (Fsp3) is 0.667. The van der Waals surface area contributed by atoms with Crippen molar-refractivity contribution < 1.29 is 9.53 Å². The molecule has 0 spiro atoms. The molecule has 0 aromatic rings. The summed E-state index contributed by atoms with van der Waals surface area (Å²) < 4.78 is 5.58. The number of rotatable bonds is 0. The quantitative estimate of drug-likeness (QED) is 0.364. The lowest BCUT2D eigenvalue weighted by molar-refractivity contribution is -0.145. The van der Waals surface area contributed by atoms with E-state index in [9.17, 15) is 4.79 Å². The van der Waals surface area contributed by atoms with Crippen molar-refractivity contribution in [3.8, 4) is 0 Å². The molecule has 2 saturated carbocycles. The van der Waals surface area contributed by atoms with Gasteiger partial charge in [0.1, 0.15) is 6.10 Å². The van der Waals surface area contributed by atoms with Gasteiger partial charge in [0.05, 0.1) is 0 Å². The van der Waals surface area contributed by atoms with E-state index >= 15 is 0 Å². The number of fused-ring (bicyclic) bond motifs is 3. The first-order chi connectivity index (χ1) is 8.03. The van der Waals surface area contributed by atoms with Crippen LogP contribution in [0.1, 0.15) is 39.0 Å². The molecule has 0 bridgehead atoms. The molecule has 2 heteroatoms. The van der Waals surface area contributed by atoms with E-state index in [4.69, 9.17) is 4.74 Å². The number of carbonyl (C=O) groups is 1. The Labute approximate surface area is 103 Å². The summed E-state index contributed by atoms with van der Waals surface area (Å²) in [5.41, 5.74) is 2.27. The molecule has 0 aromatic carbocycles. The first kappa shape index (κ1) is 11.1. The number of carbonyl (C=O) groups excluding carboxylic acids is 1. The van der Waals surface area contributed by atoms with Gasteiger partial charge in [0, 0.05) is 17.4 Å². The zero-order chi connectivity index (χ0) is 12.2. The zero-order valence-corrected chi connectivity index (χ0v) is 10.5. The van der Waals surface area contributed by atoms with Gasteiger partial charge in [-0.3, -0.25) is 0 Å². The van der Waals surface area contributed by atoms with Gasteiger partial charge in [-0.2, -0.15) is 0 Å². The van der Waals surface area contributed by atoms with E-state index < -0.39 is 0 Å². The smallest absolute Gasteiger partial charge is 0.334 e. The van der Waals surface area contributed by atoms with Gasteiger partial charge in [0.2, 0.25) is 0 Å². The van der Waals surface area contributed by atoms with Crippen molar-refractivity contribution in [3.63, 3.8) is 0 Å². The Kier molecular flexibility index (Phi) is 2.26. The normalized spacial score (nSPS) is 45.2. The highest BCUT2D eigenvalue weighted by Gasteiger charge is 2.54. The van der Waals surface area contributed by atoms with Crippen LogP contribution in [0.4, 0.5) is 0 Å². The van der Waals surface area contributed by atoms with E-state index in [0.29, 0.717) is 16.9 Å². The van der Waals surface area contributed by atoms with Gasteiger partial charge in [-0.05, 0) is 37.5 Å². The molecular formula is C15H20O2. The minimum atomic E-state index is -0.178. The number of hydrogen-bond acceptors (Lipinski definition) is 2. The molecule has 17 heavy (non-hydrogen) atoms. The van der Waals surface area contributed by atoms with Gasteiger partial charge in [-0.15, -0.1) is 0 Å². The van der Waals surface area contributed by atoms with Crippen LogP contribution in [0, 0.1) is 17.3 Å². The maximum atomic E-state index is 11.7. The van der Waals surface area contributed by atoms with Crippen molar-refractivity contribution in [1.29, 1.82) is 0 Å². The number of ether oxygens (including phenoxy) is 1. The first-order valence-electron chi connectivity index (χ1n) is 6.60. The molecule has 3 fully saturated rings. The van der Waals surface area contributed by atoms with Gasteiger partial charge >= 0.3 is 5.97 Å². The molecule has 0 radical (unpaired) electrons. The Balaban J connectivity index is 1.98. The van der Waals surface area contributed by atoms with Crippen molar-refractivity contribution >= 4 is 5.97 Å². The van der Waals surface area contributed by atoms with Crippen molar-refractivity contribution in [2.75, 3.05) is 0 Å². The number of hydrogen-bond donors (Lipinski definition) is 0. The molecule has 1 aliphatic heterocycles. The highest BCUT2D eigenvalue weighted by Crippen LogP contribution is 2.57. The molecule has 0 aromatic heterocycles. The van der Waals surface area contributed by atoms with Gasteiger partial charge in [-0.25, -0.2) is 4.79 Å².